The summed E-state index contributed by atoms with van der Waals surface area (Å²) in [5, 5.41) is 4.54. The monoisotopic (exact) mass is 160 g/mol. The van der Waals surface area contributed by atoms with Gasteiger partial charge in [-0.05, 0) is 0 Å². The third-order valence-corrected chi connectivity index (χ3v) is 1.21. The average Bonchev–Trinajstić information content (AvgIpc) is 1.30. The van der Waals surface area contributed by atoms with Gasteiger partial charge in [0.1, 0.15) is 0 Å². The Labute approximate surface area is 54.7 Å². The minimum absolute atomic E-state index is 0. The van der Waals surface area contributed by atoms with Crippen LogP contribution >= 0.6 is 12.4 Å². The molecule has 0 aromatic carbocycles. The number of hydrogen-bond acceptors (Lipinski definition) is 3. The van der Waals surface area contributed by atoms with E-state index in [1.807, 2.05) is 0 Å². The van der Waals surface area contributed by atoms with Gasteiger partial charge < -0.3 is 5.73 Å². The Balaban J connectivity index is 0. The molecule has 52 valence electrons. The summed E-state index contributed by atoms with van der Waals surface area (Å²) in [6.45, 7) is 0.0961. The smallest absolute Gasteiger partial charge is 0.210 e. The zero-order valence-corrected chi connectivity index (χ0v) is 5.83. The molecule has 0 atom stereocenters. The van der Waals surface area contributed by atoms with E-state index in [0.717, 1.165) is 0 Å². The molecule has 0 spiro atoms. The van der Waals surface area contributed by atoms with Gasteiger partial charge in [0.15, 0.2) is 0 Å². The van der Waals surface area contributed by atoms with Crippen LogP contribution in [0.4, 0.5) is 0 Å². The van der Waals surface area contributed by atoms with Gasteiger partial charge in [-0.15, -0.1) is 12.4 Å². The number of nitrogens with two attached hydrogens (primary N) is 2. The summed E-state index contributed by atoms with van der Waals surface area (Å²) >= 11 is 0. The summed E-state index contributed by atoms with van der Waals surface area (Å²) in [4.78, 5) is 0. The van der Waals surface area contributed by atoms with Crippen molar-refractivity contribution in [2.24, 2.45) is 10.9 Å². The standard InChI is InChI=1S/C2H8N2O2S.ClH/c3-1-2-7(4,5)6;/h1-3H2,(H2,4,5,6);1H. The molecule has 0 saturated heterocycles. The molecule has 0 aliphatic rings. The lowest BCUT2D eigenvalue weighted by molar-refractivity contribution is 0.597. The highest BCUT2D eigenvalue weighted by molar-refractivity contribution is 7.89. The van der Waals surface area contributed by atoms with Gasteiger partial charge in [0, 0.05) is 6.54 Å². The zero-order chi connectivity index (χ0) is 5.91. The van der Waals surface area contributed by atoms with Crippen LogP contribution in [0.5, 0.6) is 0 Å². The Morgan fingerprint density at radius 1 is 1.38 bits per heavy atom. The van der Waals surface area contributed by atoms with Crippen LogP contribution in [-0.2, 0) is 10.0 Å². The summed E-state index contributed by atoms with van der Waals surface area (Å²) < 4.78 is 19.9. The van der Waals surface area contributed by atoms with Crippen LogP contribution in [0.25, 0.3) is 0 Å². The van der Waals surface area contributed by atoms with Crippen LogP contribution in [0.1, 0.15) is 0 Å². The zero-order valence-electron chi connectivity index (χ0n) is 4.20. The van der Waals surface area contributed by atoms with Crippen LogP contribution in [0.15, 0.2) is 0 Å². The van der Waals surface area contributed by atoms with Crippen molar-refractivity contribution in [3.8, 4) is 0 Å². The molecule has 0 rings (SSSR count). The molecule has 0 heterocycles. The van der Waals surface area contributed by atoms with E-state index in [-0.39, 0.29) is 24.7 Å². The molecule has 0 aliphatic heterocycles. The Hall–Kier alpha value is 0.160. The molecule has 0 aliphatic carbocycles. The van der Waals surface area contributed by atoms with Crippen molar-refractivity contribution >= 4 is 22.4 Å². The topological polar surface area (TPSA) is 86.2 Å². The Morgan fingerprint density at radius 3 is 1.75 bits per heavy atom. The number of primary sulfonamides is 1. The molecule has 0 fully saturated rings. The van der Waals surface area contributed by atoms with Crippen LogP contribution in [-0.4, -0.2) is 20.7 Å². The average molecular weight is 161 g/mol. The lowest BCUT2D eigenvalue weighted by atomic mass is 10.8. The molecule has 0 amide bonds. The van der Waals surface area contributed by atoms with Gasteiger partial charge in [0.05, 0.1) is 5.75 Å². The fourth-order valence-electron chi connectivity index (χ4n) is 0.164. The maximum Gasteiger partial charge on any atom is 0.210 e. The maximum atomic E-state index is 9.93. The van der Waals surface area contributed by atoms with Crippen molar-refractivity contribution in [3.63, 3.8) is 0 Å². The van der Waals surface area contributed by atoms with Gasteiger partial charge in [0.25, 0.3) is 0 Å². The largest absolute Gasteiger partial charge is 0.329 e. The van der Waals surface area contributed by atoms with Gasteiger partial charge in [-0.3, -0.25) is 0 Å². The van der Waals surface area contributed by atoms with E-state index in [2.05, 4.69) is 5.14 Å². The van der Waals surface area contributed by atoms with Crippen molar-refractivity contribution in [1.82, 2.24) is 0 Å². The fraction of sp³-hybridized carbons (Fsp3) is 1.00. The number of rotatable bonds is 2. The maximum absolute atomic E-state index is 9.93. The van der Waals surface area contributed by atoms with Crippen molar-refractivity contribution in [3.05, 3.63) is 0 Å². The number of hydrogen-bond donors (Lipinski definition) is 2. The van der Waals surface area contributed by atoms with Crippen LogP contribution < -0.4 is 10.9 Å². The van der Waals surface area contributed by atoms with E-state index in [1.165, 1.54) is 0 Å². The van der Waals surface area contributed by atoms with Crippen molar-refractivity contribution < 1.29 is 8.42 Å². The first-order chi connectivity index (χ1) is 3.06. The van der Waals surface area contributed by atoms with Crippen molar-refractivity contribution in [2.75, 3.05) is 12.3 Å². The van der Waals surface area contributed by atoms with Gasteiger partial charge in [0.2, 0.25) is 10.0 Å². The molecule has 0 aromatic rings. The number of sulfonamides is 1. The predicted molar refractivity (Wildman–Crippen MR) is 34.3 cm³/mol. The van der Waals surface area contributed by atoms with E-state index in [0.29, 0.717) is 0 Å². The summed E-state index contributed by atoms with van der Waals surface area (Å²) in [7, 11) is -3.30. The molecule has 4 N–H and O–H groups in total. The van der Waals surface area contributed by atoms with Gasteiger partial charge in [-0.1, -0.05) is 0 Å². The summed E-state index contributed by atoms with van der Waals surface area (Å²) in [6.07, 6.45) is 0. The van der Waals surface area contributed by atoms with Gasteiger partial charge >= 0.3 is 0 Å². The molecule has 0 radical (unpaired) electrons. The van der Waals surface area contributed by atoms with E-state index in [9.17, 15) is 8.42 Å². The quantitative estimate of drug-likeness (QED) is 0.524. The Morgan fingerprint density at radius 2 is 1.75 bits per heavy atom. The second kappa shape index (κ2) is 4.08. The first kappa shape index (κ1) is 11.0. The van der Waals surface area contributed by atoms with Crippen LogP contribution in [0.3, 0.4) is 0 Å². The second-order valence-electron chi connectivity index (χ2n) is 1.16. The van der Waals surface area contributed by atoms with E-state index >= 15 is 0 Å². The Kier molecular flexibility index (Phi) is 5.62. The van der Waals surface area contributed by atoms with E-state index in [1.54, 1.807) is 0 Å². The molecule has 6 heteroatoms. The normalized spacial score (nSPS) is 10.2. The highest BCUT2D eigenvalue weighted by atomic mass is 35.5. The van der Waals surface area contributed by atoms with Gasteiger partial charge in [-0.2, -0.15) is 0 Å². The van der Waals surface area contributed by atoms with Crippen LogP contribution in [0, 0.1) is 0 Å². The summed E-state index contributed by atoms with van der Waals surface area (Å²) in [5.41, 5.74) is 4.86. The number of halogens is 1. The third-order valence-electron chi connectivity index (χ3n) is 0.402. The van der Waals surface area contributed by atoms with Crippen LogP contribution in [0.2, 0.25) is 0 Å². The third kappa shape index (κ3) is 9.48. The molecular weight excluding hydrogens is 152 g/mol. The minimum atomic E-state index is -3.30. The first-order valence-corrected chi connectivity index (χ1v) is 3.48. The van der Waals surface area contributed by atoms with Crippen molar-refractivity contribution in [1.29, 1.82) is 0 Å². The summed E-state index contributed by atoms with van der Waals surface area (Å²) in [5.74, 6) is -0.132. The van der Waals surface area contributed by atoms with E-state index in [4.69, 9.17) is 5.73 Å². The second-order valence-corrected chi connectivity index (χ2v) is 2.89. The summed E-state index contributed by atoms with van der Waals surface area (Å²) in [6, 6.07) is 0. The molecule has 8 heavy (non-hydrogen) atoms. The first-order valence-electron chi connectivity index (χ1n) is 1.77. The fourth-order valence-corrected chi connectivity index (χ4v) is 0.493. The Bertz CT molecular complexity index is 131. The molecule has 0 saturated carbocycles. The highest BCUT2D eigenvalue weighted by Gasteiger charge is 1.96. The van der Waals surface area contributed by atoms with Gasteiger partial charge in [-0.25, -0.2) is 13.6 Å². The van der Waals surface area contributed by atoms with E-state index < -0.39 is 10.0 Å². The van der Waals surface area contributed by atoms with Crippen molar-refractivity contribution in [2.45, 2.75) is 0 Å². The predicted octanol–water partition coefficient (Wildman–Crippen LogP) is -1.34. The molecule has 0 bridgehead atoms. The lowest BCUT2D eigenvalue weighted by Gasteiger charge is -1.87. The molecule has 4 nitrogen and oxygen atoms in total. The SMILES string of the molecule is Cl.NCCS(N)(=O)=O. The molecule has 0 unspecified atom stereocenters. The molecular formula is C2H9ClN2O2S. The lowest BCUT2D eigenvalue weighted by Crippen LogP contribution is -2.22. The highest BCUT2D eigenvalue weighted by Crippen LogP contribution is 1.68. The minimum Gasteiger partial charge on any atom is -0.329 e. The molecule has 0 aromatic heterocycles.